The minimum atomic E-state index is -1.30. The number of carbonyl (C=O) groups is 3. The Morgan fingerprint density at radius 3 is 1.40 bits per heavy atom. The zero-order valence-corrected chi connectivity index (χ0v) is 43.3. The third-order valence-electron chi connectivity index (χ3n) is 9.82. The van der Waals surface area contributed by atoms with E-state index in [1.807, 2.05) is 107 Å². The molecule has 16 heteroatoms. The van der Waals surface area contributed by atoms with E-state index in [0.29, 0.717) is 23.2 Å². The molecule has 2 N–H and O–H groups in total. The molecular weight excluding hydrogens is 909 g/mol. The molecule has 3 aromatic heterocycles. The maximum Gasteiger partial charge on any atom is 0.499 e. The molecule has 0 aliphatic carbocycles. The van der Waals surface area contributed by atoms with Crippen molar-refractivity contribution < 1.29 is 38.6 Å². The Morgan fingerprint density at radius 2 is 1.08 bits per heavy atom. The van der Waals surface area contributed by atoms with Gasteiger partial charge in [0.25, 0.3) is 0 Å². The van der Waals surface area contributed by atoms with Crippen LogP contribution in [0.3, 0.4) is 0 Å². The highest BCUT2D eigenvalue weighted by atomic mass is 79.9. The molecule has 2 fully saturated rings. The summed E-state index contributed by atoms with van der Waals surface area (Å²) in [6.07, 6.45) is 6.59. The summed E-state index contributed by atoms with van der Waals surface area (Å²) in [7, 11) is -1.30. The average Bonchev–Trinajstić information content (AvgIpc) is 3.90. The Labute approximate surface area is 392 Å². The van der Waals surface area contributed by atoms with Gasteiger partial charge in [0, 0.05) is 53.8 Å². The van der Waals surface area contributed by atoms with Crippen LogP contribution in [0.5, 0.6) is 0 Å². The minimum absolute atomic E-state index is 0.173. The van der Waals surface area contributed by atoms with Gasteiger partial charge in [-0.05, 0) is 196 Å². The van der Waals surface area contributed by atoms with Gasteiger partial charge < -0.3 is 39.0 Å². The van der Waals surface area contributed by atoms with Crippen molar-refractivity contribution in [3.63, 3.8) is 0 Å². The molecule has 6 heterocycles. The highest BCUT2D eigenvalue weighted by Gasteiger charge is 2.30. The average molecular weight is 981 g/mol. The Hall–Kier alpha value is -2.89. The van der Waals surface area contributed by atoms with Gasteiger partial charge >= 0.3 is 25.4 Å². The molecule has 0 radical (unpaired) electrons. The van der Waals surface area contributed by atoms with Crippen molar-refractivity contribution in [2.45, 2.75) is 151 Å². The summed E-state index contributed by atoms with van der Waals surface area (Å²) in [5.41, 5.74) is 3.86. The SMILES string of the molecule is CC1=CCN(C(=O)OC(C)(C)C)CC1.Cc1cc(C2CCN(C(=O)OC(C)(C)C)CC2)sc1Br.Cc1csc(B(O)O)c1.Cc1csc(C2CCN(C(=O)OC(C)(C)C)CC2)c1. The number of thiophene rings is 3. The van der Waals surface area contributed by atoms with E-state index in [1.54, 1.807) is 11.0 Å². The van der Waals surface area contributed by atoms with Gasteiger partial charge in [-0.15, -0.1) is 22.7 Å². The second-order valence-electron chi connectivity index (χ2n) is 19.2. The van der Waals surface area contributed by atoms with Crippen LogP contribution in [0.25, 0.3) is 0 Å². The fourth-order valence-corrected chi connectivity index (χ4v) is 10.1. The number of aryl methyl sites for hydroxylation is 3. The fraction of sp³-hybridized carbons (Fsp3) is 0.630. The van der Waals surface area contributed by atoms with Crippen molar-refractivity contribution in [3.05, 3.63) is 70.8 Å². The molecule has 0 aromatic carbocycles. The van der Waals surface area contributed by atoms with E-state index in [1.165, 1.54) is 41.6 Å². The van der Waals surface area contributed by atoms with Gasteiger partial charge in [-0.3, -0.25) is 0 Å². The van der Waals surface area contributed by atoms with E-state index in [0.717, 1.165) is 70.4 Å². The summed E-state index contributed by atoms with van der Waals surface area (Å²) in [5, 5.41) is 21.3. The monoisotopic (exact) mass is 979 g/mol. The van der Waals surface area contributed by atoms with Gasteiger partial charge in [0.05, 0.1) is 3.79 Å². The first kappa shape index (κ1) is 53.5. The molecule has 3 aromatic rings. The highest BCUT2D eigenvalue weighted by molar-refractivity contribution is 9.11. The molecule has 346 valence electrons. The number of halogens is 1. The van der Waals surface area contributed by atoms with Gasteiger partial charge in [0.2, 0.25) is 0 Å². The van der Waals surface area contributed by atoms with Crippen molar-refractivity contribution in [1.82, 2.24) is 14.7 Å². The molecule has 0 saturated carbocycles. The molecular formula is C46H71BBrN3O8S3. The van der Waals surface area contributed by atoms with Crippen LogP contribution >= 0.6 is 49.9 Å². The van der Waals surface area contributed by atoms with E-state index >= 15 is 0 Å². The standard InChI is InChI=1S/C15H22BrNO2S.C15H23NO2S.C11H19NO2.C5H7BO2S/c1-10-9-12(20-13(10)16)11-5-7-17(8-6-11)14(18)19-15(2,3)4;1-11-9-13(19-10-11)12-5-7-16(8-6-12)14(17)18-15(2,3)4;1-9-5-7-12(8-6-9)10(13)14-11(2,3)4;1-4-2-5(6(7)8)9-3-4/h9,11H,5-8H2,1-4H3;9-10,12H,5-8H2,1-4H3;5H,6-8H2,1-4H3;2-3,7-8H,1H3. The minimum Gasteiger partial charge on any atom is -0.444 e. The number of likely N-dealkylation sites (tertiary alicyclic amines) is 2. The molecule has 3 aliphatic rings. The quantitative estimate of drug-likeness (QED) is 0.151. The third-order valence-corrected chi connectivity index (χ3v) is 14.4. The lowest BCUT2D eigenvalue weighted by atomic mass is 9.89. The van der Waals surface area contributed by atoms with Crippen LogP contribution in [0.4, 0.5) is 14.4 Å². The van der Waals surface area contributed by atoms with Crippen LogP contribution < -0.4 is 4.78 Å². The predicted octanol–water partition coefficient (Wildman–Crippen LogP) is 11.4. The largest absolute Gasteiger partial charge is 0.499 e. The van der Waals surface area contributed by atoms with E-state index in [-0.39, 0.29) is 18.3 Å². The lowest BCUT2D eigenvalue weighted by Gasteiger charge is -2.33. The number of carbonyl (C=O) groups excluding carboxylic acids is 3. The number of piperidine rings is 2. The zero-order valence-electron chi connectivity index (χ0n) is 39.3. The highest BCUT2D eigenvalue weighted by Crippen LogP contribution is 2.37. The number of nitrogens with zero attached hydrogens (tertiary/aromatic N) is 3. The summed E-state index contributed by atoms with van der Waals surface area (Å²) >= 11 is 8.61. The van der Waals surface area contributed by atoms with Crippen molar-refractivity contribution in [2.75, 3.05) is 39.3 Å². The summed E-state index contributed by atoms with van der Waals surface area (Å²) in [6.45, 7) is 30.0. The summed E-state index contributed by atoms with van der Waals surface area (Å²) in [4.78, 5) is 43.9. The first-order valence-corrected chi connectivity index (χ1v) is 24.9. The summed E-state index contributed by atoms with van der Waals surface area (Å²) in [6, 6.07) is 6.30. The smallest absolute Gasteiger partial charge is 0.444 e. The van der Waals surface area contributed by atoms with E-state index in [2.05, 4.69) is 60.3 Å². The van der Waals surface area contributed by atoms with Gasteiger partial charge in [-0.25, -0.2) is 14.4 Å². The van der Waals surface area contributed by atoms with Crippen molar-refractivity contribution in [1.29, 1.82) is 0 Å². The number of rotatable bonds is 3. The Bertz CT molecular complexity index is 1890. The number of ether oxygens (including phenoxy) is 3. The van der Waals surface area contributed by atoms with Gasteiger partial charge in [-0.2, -0.15) is 11.3 Å². The Kier molecular flexibility index (Phi) is 20.6. The van der Waals surface area contributed by atoms with Gasteiger partial charge in [0.15, 0.2) is 0 Å². The van der Waals surface area contributed by atoms with Crippen LogP contribution in [0, 0.1) is 20.8 Å². The first-order chi connectivity index (χ1) is 28.7. The number of hydrogen-bond donors (Lipinski definition) is 2. The molecule has 2 saturated heterocycles. The van der Waals surface area contributed by atoms with Gasteiger partial charge in [0.1, 0.15) is 16.8 Å². The van der Waals surface area contributed by atoms with Crippen molar-refractivity contribution in [2.24, 2.45) is 0 Å². The van der Waals surface area contributed by atoms with E-state index < -0.39 is 23.9 Å². The zero-order chi connectivity index (χ0) is 46.6. The Morgan fingerprint density at radius 1 is 0.645 bits per heavy atom. The lowest BCUT2D eigenvalue weighted by Crippen LogP contribution is -2.41. The molecule has 11 nitrogen and oxygen atoms in total. The van der Waals surface area contributed by atoms with Crippen LogP contribution in [-0.4, -0.2) is 106 Å². The first-order valence-electron chi connectivity index (χ1n) is 21.5. The lowest BCUT2D eigenvalue weighted by molar-refractivity contribution is 0.0195. The summed E-state index contributed by atoms with van der Waals surface area (Å²) in [5.74, 6) is 1.18. The second kappa shape index (κ2) is 23.9. The molecule has 3 aliphatic heterocycles. The van der Waals surface area contributed by atoms with Crippen LogP contribution in [0.15, 0.2) is 44.4 Å². The number of amides is 3. The molecule has 0 unspecified atom stereocenters. The van der Waals surface area contributed by atoms with Crippen molar-refractivity contribution >= 4 is 80.1 Å². The predicted molar refractivity (Wildman–Crippen MR) is 260 cm³/mol. The Balaban J connectivity index is 0.000000228. The maximum atomic E-state index is 12.0. The molecule has 3 amide bonds. The summed E-state index contributed by atoms with van der Waals surface area (Å²) < 4.78 is 17.9. The normalized spacial score (nSPS) is 16.4. The number of hydrogen-bond acceptors (Lipinski definition) is 11. The molecule has 0 atom stereocenters. The molecule has 62 heavy (non-hydrogen) atoms. The van der Waals surface area contributed by atoms with Crippen LogP contribution in [-0.2, 0) is 14.2 Å². The van der Waals surface area contributed by atoms with Gasteiger partial charge in [-0.1, -0.05) is 11.6 Å². The second-order valence-corrected chi connectivity index (χ2v) is 23.5. The van der Waals surface area contributed by atoms with E-state index in [4.69, 9.17) is 24.3 Å². The van der Waals surface area contributed by atoms with E-state index in [9.17, 15) is 14.4 Å². The fourth-order valence-electron chi connectivity index (χ4n) is 6.55. The van der Waals surface area contributed by atoms with Crippen LogP contribution in [0.1, 0.15) is 140 Å². The molecule has 0 bridgehead atoms. The molecule has 0 spiro atoms. The van der Waals surface area contributed by atoms with Crippen molar-refractivity contribution in [3.8, 4) is 0 Å². The van der Waals surface area contributed by atoms with Crippen LogP contribution in [0.2, 0.25) is 0 Å². The maximum absolute atomic E-state index is 12.0. The topological polar surface area (TPSA) is 129 Å². The third kappa shape index (κ3) is 19.5. The molecule has 6 rings (SSSR count).